The van der Waals surface area contributed by atoms with Crippen LogP contribution in [0, 0.1) is 0 Å². The SMILES string of the molecule is C[C@@H](NCC(=O)N(C)C1CC1)c1ccc(Cl)cc1. The van der Waals surface area contributed by atoms with E-state index in [1.54, 1.807) is 0 Å². The molecule has 0 unspecified atom stereocenters. The number of amides is 1. The van der Waals surface area contributed by atoms with E-state index in [1.807, 2.05) is 43.1 Å². The summed E-state index contributed by atoms with van der Waals surface area (Å²) in [6.45, 7) is 2.43. The van der Waals surface area contributed by atoms with Crippen molar-refractivity contribution in [3.63, 3.8) is 0 Å². The van der Waals surface area contributed by atoms with Crippen LogP contribution in [0.4, 0.5) is 0 Å². The third-order valence-electron chi connectivity index (χ3n) is 3.42. The van der Waals surface area contributed by atoms with Crippen LogP contribution in [0.2, 0.25) is 5.02 Å². The van der Waals surface area contributed by atoms with Gasteiger partial charge in [0.25, 0.3) is 0 Å². The fourth-order valence-electron chi connectivity index (χ4n) is 1.90. The van der Waals surface area contributed by atoms with Crippen LogP contribution in [0.25, 0.3) is 0 Å². The van der Waals surface area contributed by atoms with Gasteiger partial charge >= 0.3 is 0 Å². The molecule has 3 nitrogen and oxygen atoms in total. The largest absolute Gasteiger partial charge is 0.342 e. The number of carbonyl (C=O) groups is 1. The molecule has 0 radical (unpaired) electrons. The summed E-state index contributed by atoms with van der Waals surface area (Å²) in [4.78, 5) is 13.7. The van der Waals surface area contributed by atoms with Crippen LogP contribution < -0.4 is 5.32 Å². The van der Waals surface area contributed by atoms with Crippen molar-refractivity contribution in [1.82, 2.24) is 10.2 Å². The third-order valence-corrected chi connectivity index (χ3v) is 3.67. The molecule has 4 heteroatoms. The highest BCUT2D eigenvalue weighted by atomic mass is 35.5. The molecular formula is C14H19ClN2O. The number of hydrogen-bond donors (Lipinski definition) is 1. The van der Waals surface area contributed by atoms with Gasteiger partial charge in [-0.15, -0.1) is 0 Å². The van der Waals surface area contributed by atoms with E-state index >= 15 is 0 Å². The average molecular weight is 267 g/mol. The summed E-state index contributed by atoms with van der Waals surface area (Å²) < 4.78 is 0. The zero-order chi connectivity index (χ0) is 13.1. The third kappa shape index (κ3) is 3.47. The first-order chi connectivity index (χ1) is 8.58. The Morgan fingerprint density at radius 2 is 2.06 bits per heavy atom. The van der Waals surface area contributed by atoms with Crippen molar-refractivity contribution in [1.29, 1.82) is 0 Å². The Kier molecular flexibility index (Phi) is 4.25. The molecule has 1 aliphatic carbocycles. The molecule has 98 valence electrons. The minimum Gasteiger partial charge on any atom is -0.342 e. The highest BCUT2D eigenvalue weighted by Crippen LogP contribution is 2.25. The summed E-state index contributed by atoms with van der Waals surface area (Å²) >= 11 is 5.85. The van der Waals surface area contributed by atoms with Gasteiger partial charge in [0.1, 0.15) is 0 Å². The molecular weight excluding hydrogens is 248 g/mol. The lowest BCUT2D eigenvalue weighted by Gasteiger charge is -2.19. The van der Waals surface area contributed by atoms with Gasteiger partial charge in [0, 0.05) is 24.2 Å². The Bertz CT molecular complexity index is 414. The zero-order valence-electron chi connectivity index (χ0n) is 10.8. The summed E-state index contributed by atoms with van der Waals surface area (Å²) in [5, 5.41) is 3.98. The second-order valence-corrected chi connectivity index (χ2v) is 5.33. The van der Waals surface area contributed by atoms with E-state index < -0.39 is 0 Å². The molecule has 2 rings (SSSR count). The van der Waals surface area contributed by atoms with E-state index in [0.29, 0.717) is 12.6 Å². The van der Waals surface area contributed by atoms with Crippen LogP contribution in [0.1, 0.15) is 31.4 Å². The monoisotopic (exact) mass is 266 g/mol. The molecule has 1 saturated carbocycles. The van der Waals surface area contributed by atoms with Crippen LogP contribution in [-0.2, 0) is 4.79 Å². The second kappa shape index (κ2) is 5.72. The van der Waals surface area contributed by atoms with Crippen LogP contribution in [0.3, 0.4) is 0 Å². The molecule has 0 spiro atoms. The predicted octanol–water partition coefficient (Wildman–Crippen LogP) is 2.61. The van der Waals surface area contributed by atoms with E-state index in [2.05, 4.69) is 5.32 Å². The number of benzene rings is 1. The van der Waals surface area contributed by atoms with E-state index in [1.165, 1.54) is 0 Å². The molecule has 18 heavy (non-hydrogen) atoms. The Morgan fingerprint density at radius 3 is 2.61 bits per heavy atom. The Morgan fingerprint density at radius 1 is 1.44 bits per heavy atom. The Hall–Kier alpha value is -1.06. The molecule has 1 atom stereocenters. The van der Waals surface area contributed by atoms with Crippen molar-refractivity contribution in [3.8, 4) is 0 Å². The van der Waals surface area contributed by atoms with Crippen molar-refractivity contribution in [2.45, 2.75) is 31.8 Å². The number of hydrogen-bond acceptors (Lipinski definition) is 2. The Balaban J connectivity index is 1.82. The normalized spacial score (nSPS) is 16.4. The summed E-state index contributed by atoms with van der Waals surface area (Å²) in [7, 11) is 1.88. The van der Waals surface area contributed by atoms with E-state index in [-0.39, 0.29) is 11.9 Å². The zero-order valence-corrected chi connectivity index (χ0v) is 11.6. The number of halogens is 1. The summed E-state index contributed by atoms with van der Waals surface area (Å²) in [5.74, 6) is 0.165. The first-order valence-electron chi connectivity index (χ1n) is 6.32. The van der Waals surface area contributed by atoms with Crippen LogP contribution >= 0.6 is 11.6 Å². The predicted molar refractivity (Wildman–Crippen MR) is 73.7 cm³/mol. The maximum atomic E-state index is 11.9. The average Bonchev–Trinajstić information content (AvgIpc) is 3.19. The molecule has 0 aromatic heterocycles. The van der Waals surface area contributed by atoms with Gasteiger partial charge in [-0.1, -0.05) is 23.7 Å². The molecule has 0 saturated heterocycles. The van der Waals surface area contributed by atoms with Gasteiger partial charge in [-0.05, 0) is 37.5 Å². The van der Waals surface area contributed by atoms with Crippen LogP contribution in [-0.4, -0.2) is 30.4 Å². The van der Waals surface area contributed by atoms with Gasteiger partial charge in [-0.3, -0.25) is 4.79 Å². The Labute approximate surface area is 113 Å². The molecule has 1 aromatic carbocycles. The fourth-order valence-corrected chi connectivity index (χ4v) is 2.03. The number of nitrogens with zero attached hydrogens (tertiary/aromatic N) is 1. The number of nitrogens with one attached hydrogen (secondary N) is 1. The quantitative estimate of drug-likeness (QED) is 0.889. The molecule has 1 aromatic rings. The molecule has 0 heterocycles. The van der Waals surface area contributed by atoms with Crippen LogP contribution in [0.5, 0.6) is 0 Å². The number of rotatable bonds is 5. The van der Waals surface area contributed by atoms with Crippen LogP contribution in [0.15, 0.2) is 24.3 Å². The van der Waals surface area contributed by atoms with Gasteiger partial charge in [-0.2, -0.15) is 0 Å². The lowest BCUT2D eigenvalue weighted by Crippen LogP contribution is -2.37. The van der Waals surface area contributed by atoms with E-state index in [0.717, 1.165) is 23.4 Å². The van der Waals surface area contributed by atoms with E-state index in [4.69, 9.17) is 11.6 Å². The van der Waals surface area contributed by atoms with Crippen molar-refractivity contribution in [3.05, 3.63) is 34.9 Å². The van der Waals surface area contributed by atoms with Crippen molar-refractivity contribution >= 4 is 17.5 Å². The molecule has 1 aliphatic rings. The first kappa shape index (κ1) is 13.4. The smallest absolute Gasteiger partial charge is 0.236 e. The topological polar surface area (TPSA) is 32.3 Å². The minimum absolute atomic E-state index is 0.152. The highest BCUT2D eigenvalue weighted by molar-refractivity contribution is 6.30. The maximum absolute atomic E-state index is 11.9. The molecule has 1 amide bonds. The molecule has 0 bridgehead atoms. The lowest BCUT2D eigenvalue weighted by molar-refractivity contribution is -0.129. The molecule has 1 fully saturated rings. The van der Waals surface area contributed by atoms with Crippen molar-refractivity contribution < 1.29 is 4.79 Å². The maximum Gasteiger partial charge on any atom is 0.236 e. The van der Waals surface area contributed by atoms with Gasteiger partial charge in [0.2, 0.25) is 5.91 Å². The van der Waals surface area contributed by atoms with Crippen molar-refractivity contribution in [2.75, 3.05) is 13.6 Å². The second-order valence-electron chi connectivity index (χ2n) is 4.89. The van der Waals surface area contributed by atoms with E-state index in [9.17, 15) is 4.79 Å². The molecule has 0 aliphatic heterocycles. The van der Waals surface area contributed by atoms with Gasteiger partial charge in [0.05, 0.1) is 6.54 Å². The fraction of sp³-hybridized carbons (Fsp3) is 0.500. The molecule has 1 N–H and O–H groups in total. The van der Waals surface area contributed by atoms with Crippen molar-refractivity contribution in [2.24, 2.45) is 0 Å². The minimum atomic E-state index is 0.152. The van der Waals surface area contributed by atoms with Gasteiger partial charge in [0.15, 0.2) is 0 Å². The van der Waals surface area contributed by atoms with Gasteiger partial charge < -0.3 is 10.2 Å². The van der Waals surface area contributed by atoms with Gasteiger partial charge in [-0.25, -0.2) is 0 Å². The highest BCUT2D eigenvalue weighted by Gasteiger charge is 2.29. The number of carbonyl (C=O) groups excluding carboxylic acids is 1. The number of likely N-dealkylation sites (N-methyl/N-ethyl adjacent to an activating group) is 1. The standard InChI is InChI=1S/C14H19ClN2O/c1-10(11-3-5-12(15)6-4-11)16-9-14(18)17(2)13-7-8-13/h3-6,10,13,16H,7-9H2,1-2H3/t10-/m1/s1. The summed E-state index contributed by atoms with van der Waals surface area (Å²) in [6.07, 6.45) is 2.30. The first-order valence-corrected chi connectivity index (χ1v) is 6.70. The summed E-state index contributed by atoms with van der Waals surface area (Å²) in [6, 6.07) is 8.33. The summed E-state index contributed by atoms with van der Waals surface area (Å²) in [5.41, 5.74) is 1.14. The lowest BCUT2D eigenvalue weighted by atomic mass is 10.1.